The van der Waals surface area contributed by atoms with E-state index in [1.807, 2.05) is 7.05 Å². The molecule has 0 bridgehead atoms. The number of likely N-dealkylation sites (N-methyl/N-ethyl adjacent to an activating group) is 2. The maximum Gasteiger partial charge on any atom is 0.226 e. The molecule has 5 heteroatoms. The van der Waals surface area contributed by atoms with Crippen molar-refractivity contribution < 1.29 is 4.79 Å². The van der Waals surface area contributed by atoms with E-state index in [2.05, 4.69) is 16.9 Å². The number of hydrogen-bond donors (Lipinski definition) is 0. The van der Waals surface area contributed by atoms with Gasteiger partial charge in [-0.3, -0.25) is 9.78 Å². The molecule has 0 aliphatic heterocycles. The highest BCUT2D eigenvalue weighted by Crippen LogP contribution is 2.24. The van der Waals surface area contributed by atoms with Gasteiger partial charge in [0, 0.05) is 43.6 Å². The SMILES string of the molecule is CN(CCN(C)C1CC1)C(=O)Cc1cnccc1Cl. The summed E-state index contributed by atoms with van der Waals surface area (Å²) in [5.41, 5.74) is 0.788. The molecule has 0 aromatic carbocycles. The smallest absolute Gasteiger partial charge is 0.226 e. The standard InChI is InChI=1S/C14H20ClN3O/c1-17(12-3-4-12)7-8-18(2)14(19)9-11-10-16-6-5-13(11)15/h5-6,10,12H,3-4,7-9H2,1-2H3. The fourth-order valence-corrected chi connectivity index (χ4v) is 2.14. The van der Waals surface area contributed by atoms with Gasteiger partial charge in [-0.1, -0.05) is 11.6 Å². The molecule has 1 aromatic rings. The summed E-state index contributed by atoms with van der Waals surface area (Å²) in [6.07, 6.45) is 6.18. The van der Waals surface area contributed by atoms with Crippen molar-refractivity contribution in [2.45, 2.75) is 25.3 Å². The van der Waals surface area contributed by atoms with Crippen LogP contribution in [0.25, 0.3) is 0 Å². The Labute approximate surface area is 119 Å². The Morgan fingerprint density at radius 1 is 1.42 bits per heavy atom. The number of carbonyl (C=O) groups excluding carboxylic acids is 1. The van der Waals surface area contributed by atoms with Crippen LogP contribution in [0.3, 0.4) is 0 Å². The third kappa shape index (κ3) is 4.18. The van der Waals surface area contributed by atoms with Gasteiger partial charge in [0.2, 0.25) is 5.91 Å². The molecule has 104 valence electrons. The van der Waals surface area contributed by atoms with Crippen LogP contribution in [0, 0.1) is 0 Å². The molecule has 1 aliphatic rings. The zero-order chi connectivity index (χ0) is 13.8. The summed E-state index contributed by atoms with van der Waals surface area (Å²) in [6.45, 7) is 1.68. The predicted molar refractivity (Wildman–Crippen MR) is 76.2 cm³/mol. The minimum absolute atomic E-state index is 0.0825. The van der Waals surface area contributed by atoms with Gasteiger partial charge in [0.05, 0.1) is 6.42 Å². The molecule has 1 heterocycles. The lowest BCUT2D eigenvalue weighted by atomic mass is 10.2. The third-order valence-corrected chi connectivity index (χ3v) is 3.94. The zero-order valence-corrected chi connectivity index (χ0v) is 12.2. The first-order valence-corrected chi connectivity index (χ1v) is 6.98. The lowest BCUT2D eigenvalue weighted by Crippen LogP contribution is -2.36. The first-order chi connectivity index (χ1) is 9.08. The molecule has 0 spiro atoms. The van der Waals surface area contributed by atoms with Crippen LogP contribution < -0.4 is 0 Å². The van der Waals surface area contributed by atoms with Crippen molar-refractivity contribution in [1.29, 1.82) is 0 Å². The van der Waals surface area contributed by atoms with E-state index in [0.29, 0.717) is 11.4 Å². The van der Waals surface area contributed by atoms with E-state index in [9.17, 15) is 4.79 Å². The summed E-state index contributed by atoms with van der Waals surface area (Å²) in [4.78, 5) is 20.2. The normalized spacial score (nSPS) is 14.7. The molecule has 0 N–H and O–H groups in total. The van der Waals surface area contributed by atoms with Gasteiger partial charge in [0.1, 0.15) is 0 Å². The molecule has 19 heavy (non-hydrogen) atoms. The van der Waals surface area contributed by atoms with Crippen molar-refractivity contribution in [3.8, 4) is 0 Å². The summed E-state index contributed by atoms with van der Waals surface area (Å²) < 4.78 is 0. The monoisotopic (exact) mass is 281 g/mol. The number of amides is 1. The predicted octanol–water partition coefficient (Wildman–Crippen LogP) is 1.83. The molecule has 0 saturated heterocycles. The van der Waals surface area contributed by atoms with Crippen LogP contribution in [0.15, 0.2) is 18.5 Å². The molecule has 1 fully saturated rings. The van der Waals surface area contributed by atoms with Crippen LogP contribution in [0.1, 0.15) is 18.4 Å². The fourth-order valence-electron chi connectivity index (χ4n) is 1.97. The van der Waals surface area contributed by atoms with Gasteiger partial charge >= 0.3 is 0 Å². The van der Waals surface area contributed by atoms with Crippen molar-refractivity contribution in [2.75, 3.05) is 27.2 Å². The van der Waals surface area contributed by atoms with Crippen molar-refractivity contribution in [2.24, 2.45) is 0 Å². The molecule has 1 saturated carbocycles. The Morgan fingerprint density at radius 3 is 2.79 bits per heavy atom. The maximum absolute atomic E-state index is 12.1. The second-order valence-corrected chi connectivity index (χ2v) is 5.58. The molecule has 1 aliphatic carbocycles. The first kappa shape index (κ1) is 14.3. The molecule has 4 nitrogen and oxygen atoms in total. The Hall–Kier alpha value is -1.13. The summed E-state index contributed by atoms with van der Waals surface area (Å²) in [6, 6.07) is 2.45. The van der Waals surface area contributed by atoms with Crippen LogP contribution in [0.2, 0.25) is 5.02 Å². The first-order valence-electron chi connectivity index (χ1n) is 6.60. The van der Waals surface area contributed by atoms with E-state index in [1.54, 1.807) is 23.4 Å². The maximum atomic E-state index is 12.1. The molecule has 0 unspecified atom stereocenters. The number of aromatic nitrogens is 1. The fraction of sp³-hybridized carbons (Fsp3) is 0.571. The van der Waals surface area contributed by atoms with Crippen molar-refractivity contribution in [3.05, 3.63) is 29.0 Å². The van der Waals surface area contributed by atoms with Crippen LogP contribution in [-0.4, -0.2) is 53.9 Å². The van der Waals surface area contributed by atoms with Crippen molar-refractivity contribution in [1.82, 2.24) is 14.8 Å². The van der Waals surface area contributed by atoms with E-state index in [-0.39, 0.29) is 5.91 Å². The molecular weight excluding hydrogens is 262 g/mol. The number of nitrogens with zero attached hydrogens (tertiary/aromatic N) is 3. The summed E-state index contributed by atoms with van der Waals surface area (Å²) >= 11 is 6.03. The summed E-state index contributed by atoms with van der Waals surface area (Å²) in [5.74, 6) is 0.0825. The lowest BCUT2D eigenvalue weighted by Gasteiger charge is -2.22. The van der Waals surface area contributed by atoms with Gasteiger partial charge in [0.25, 0.3) is 0 Å². The molecule has 1 amide bonds. The van der Waals surface area contributed by atoms with Gasteiger partial charge in [-0.15, -0.1) is 0 Å². The van der Waals surface area contributed by atoms with Crippen LogP contribution in [-0.2, 0) is 11.2 Å². The Kier molecular flexibility index (Phi) is 4.77. The summed E-state index contributed by atoms with van der Waals surface area (Å²) in [7, 11) is 3.96. The highest BCUT2D eigenvalue weighted by Gasteiger charge is 2.26. The highest BCUT2D eigenvalue weighted by atomic mass is 35.5. The second-order valence-electron chi connectivity index (χ2n) is 5.17. The van der Waals surface area contributed by atoms with Crippen molar-refractivity contribution in [3.63, 3.8) is 0 Å². The molecular formula is C14H20ClN3O. The highest BCUT2D eigenvalue weighted by molar-refractivity contribution is 6.31. The minimum Gasteiger partial charge on any atom is -0.344 e. The van der Waals surface area contributed by atoms with Gasteiger partial charge in [-0.2, -0.15) is 0 Å². The molecule has 0 radical (unpaired) electrons. The zero-order valence-electron chi connectivity index (χ0n) is 11.5. The largest absolute Gasteiger partial charge is 0.344 e. The third-order valence-electron chi connectivity index (χ3n) is 3.57. The minimum atomic E-state index is 0.0825. The van der Waals surface area contributed by atoms with Gasteiger partial charge in [0.15, 0.2) is 0 Å². The quantitative estimate of drug-likeness (QED) is 0.798. The number of pyridine rings is 1. The number of rotatable bonds is 6. The molecule has 0 atom stereocenters. The number of halogens is 1. The van der Waals surface area contributed by atoms with Crippen molar-refractivity contribution >= 4 is 17.5 Å². The average molecular weight is 282 g/mol. The second kappa shape index (κ2) is 6.35. The van der Waals surface area contributed by atoms with Crippen LogP contribution in [0.4, 0.5) is 0 Å². The number of hydrogen-bond acceptors (Lipinski definition) is 3. The number of carbonyl (C=O) groups is 1. The van der Waals surface area contributed by atoms with Crippen LogP contribution in [0.5, 0.6) is 0 Å². The van der Waals surface area contributed by atoms with E-state index >= 15 is 0 Å². The Bertz CT molecular complexity index is 448. The average Bonchev–Trinajstić information content (AvgIpc) is 3.22. The molecule has 1 aromatic heterocycles. The van der Waals surface area contributed by atoms with E-state index in [1.165, 1.54) is 12.8 Å². The lowest BCUT2D eigenvalue weighted by molar-refractivity contribution is -0.129. The van der Waals surface area contributed by atoms with Gasteiger partial charge < -0.3 is 9.80 Å². The van der Waals surface area contributed by atoms with E-state index in [4.69, 9.17) is 11.6 Å². The topological polar surface area (TPSA) is 36.4 Å². The summed E-state index contributed by atoms with van der Waals surface area (Å²) in [5, 5.41) is 0.604. The molecule has 2 rings (SSSR count). The van der Waals surface area contributed by atoms with Gasteiger partial charge in [-0.25, -0.2) is 0 Å². The van der Waals surface area contributed by atoms with E-state index in [0.717, 1.165) is 24.7 Å². The van der Waals surface area contributed by atoms with Gasteiger partial charge in [-0.05, 0) is 31.5 Å². The Morgan fingerprint density at radius 2 is 2.16 bits per heavy atom. The van der Waals surface area contributed by atoms with Crippen LogP contribution >= 0.6 is 11.6 Å². The Balaban J connectivity index is 1.80. The van der Waals surface area contributed by atoms with E-state index < -0.39 is 0 Å².